The molecule has 0 aromatic heterocycles. The van der Waals surface area contributed by atoms with E-state index in [0.29, 0.717) is 25.6 Å². The van der Waals surface area contributed by atoms with Gasteiger partial charge >= 0.3 is 6.18 Å². The topological polar surface area (TPSA) is 42.9 Å². The second kappa shape index (κ2) is 9.94. The standard InChI is InChI=1S/C19H30F3N5/c1-4-23-18(25-13-17-14-26(2)11-12-27(17)3)24-10-9-15-5-7-16(8-6-15)19(20,21)22/h5-8,17H,4,9-14H2,1-3H3,(H2,23,24,25). The minimum atomic E-state index is -4.29. The predicted octanol–water partition coefficient (Wildman–Crippen LogP) is 2.05. The Balaban J connectivity index is 1.84. The summed E-state index contributed by atoms with van der Waals surface area (Å²) in [6.45, 7) is 7.18. The summed E-state index contributed by atoms with van der Waals surface area (Å²) in [5.74, 6) is 0.742. The molecule has 1 aliphatic heterocycles. The van der Waals surface area contributed by atoms with E-state index in [1.807, 2.05) is 6.92 Å². The molecule has 0 amide bonds. The molecule has 1 fully saturated rings. The summed E-state index contributed by atoms with van der Waals surface area (Å²) >= 11 is 0. The van der Waals surface area contributed by atoms with E-state index in [0.717, 1.165) is 49.8 Å². The van der Waals surface area contributed by atoms with Gasteiger partial charge in [-0.15, -0.1) is 0 Å². The van der Waals surface area contributed by atoms with Crippen LogP contribution in [0.2, 0.25) is 0 Å². The number of nitrogens with one attached hydrogen (secondary N) is 2. The number of benzene rings is 1. The molecule has 1 aliphatic rings. The molecule has 1 unspecified atom stereocenters. The van der Waals surface area contributed by atoms with E-state index in [1.165, 1.54) is 12.1 Å². The Morgan fingerprint density at radius 3 is 2.48 bits per heavy atom. The molecule has 0 spiro atoms. The average molecular weight is 385 g/mol. The molecule has 0 aliphatic carbocycles. The van der Waals surface area contributed by atoms with E-state index in [1.54, 1.807) is 0 Å². The lowest BCUT2D eigenvalue weighted by atomic mass is 10.1. The van der Waals surface area contributed by atoms with Gasteiger partial charge in [0.15, 0.2) is 5.96 Å². The van der Waals surface area contributed by atoms with Crippen molar-refractivity contribution >= 4 is 5.96 Å². The molecule has 0 radical (unpaired) electrons. The Labute approximate surface area is 159 Å². The van der Waals surface area contributed by atoms with Crippen LogP contribution in [-0.4, -0.2) is 75.2 Å². The molecular weight excluding hydrogens is 355 g/mol. The zero-order chi connectivity index (χ0) is 19.9. The van der Waals surface area contributed by atoms with Crippen LogP contribution >= 0.6 is 0 Å². The summed E-state index contributed by atoms with van der Waals surface area (Å²) in [6.07, 6.45) is -3.66. The van der Waals surface area contributed by atoms with E-state index in [9.17, 15) is 13.2 Å². The first-order valence-corrected chi connectivity index (χ1v) is 9.36. The second-order valence-corrected chi connectivity index (χ2v) is 6.99. The fraction of sp³-hybridized carbons (Fsp3) is 0.632. The number of alkyl halides is 3. The molecule has 1 atom stereocenters. The molecule has 1 heterocycles. The summed E-state index contributed by atoms with van der Waals surface area (Å²) in [5.41, 5.74) is 0.246. The Morgan fingerprint density at radius 1 is 1.15 bits per heavy atom. The summed E-state index contributed by atoms with van der Waals surface area (Å²) in [6, 6.07) is 5.70. The number of hydrogen-bond donors (Lipinski definition) is 2. The van der Waals surface area contributed by atoms with Crippen molar-refractivity contribution in [3.8, 4) is 0 Å². The predicted molar refractivity (Wildman–Crippen MR) is 103 cm³/mol. The van der Waals surface area contributed by atoms with Crippen molar-refractivity contribution < 1.29 is 13.2 Å². The summed E-state index contributed by atoms with van der Waals surface area (Å²) in [4.78, 5) is 9.32. The lowest BCUT2D eigenvalue weighted by Crippen LogP contribution is -2.51. The zero-order valence-electron chi connectivity index (χ0n) is 16.3. The third-order valence-corrected chi connectivity index (χ3v) is 4.77. The third kappa shape index (κ3) is 7.03. The van der Waals surface area contributed by atoms with Crippen LogP contribution in [0.1, 0.15) is 18.1 Å². The molecule has 27 heavy (non-hydrogen) atoms. The average Bonchev–Trinajstić information content (AvgIpc) is 2.62. The summed E-state index contributed by atoms with van der Waals surface area (Å²) in [5, 5.41) is 6.49. The van der Waals surface area contributed by atoms with Crippen LogP contribution in [0, 0.1) is 0 Å². The van der Waals surface area contributed by atoms with Crippen LogP contribution in [0.25, 0.3) is 0 Å². The zero-order valence-corrected chi connectivity index (χ0v) is 16.3. The molecule has 1 aromatic carbocycles. The number of rotatable bonds is 6. The summed E-state index contributed by atoms with van der Waals surface area (Å²) in [7, 11) is 4.25. The van der Waals surface area contributed by atoms with Crippen LogP contribution < -0.4 is 10.6 Å². The van der Waals surface area contributed by atoms with Crippen molar-refractivity contribution in [1.82, 2.24) is 20.4 Å². The molecule has 0 saturated carbocycles. The molecule has 152 valence electrons. The molecule has 2 rings (SSSR count). The van der Waals surface area contributed by atoms with Crippen molar-refractivity contribution in [3.05, 3.63) is 35.4 Å². The van der Waals surface area contributed by atoms with Gasteiger partial charge < -0.3 is 15.5 Å². The first kappa shape index (κ1) is 21.5. The number of guanidine groups is 1. The Bertz CT molecular complexity index is 600. The number of hydrogen-bond acceptors (Lipinski definition) is 3. The molecule has 0 bridgehead atoms. The van der Waals surface area contributed by atoms with Crippen LogP contribution in [0.5, 0.6) is 0 Å². The highest BCUT2D eigenvalue weighted by Gasteiger charge is 2.29. The van der Waals surface area contributed by atoms with Gasteiger partial charge in [0, 0.05) is 38.8 Å². The van der Waals surface area contributed by atoms with Gasteiger partial charge in [-0.1, -0.05) is 12.1 Å². The molecule has 1 saturated heterocycles. The van der Waals surface area contributed by atoms with Gasteiger partial charge in [0.1, 0.15) is 0 Å². The Morgan fingerprint density at radius 2 is 1.85 bits per heavy atom. The lowest BCUT2D eigenvalue weighted by Gasteiger charge is -2.36. The first-order valence-electron chi connectivity index (χ1n) is 9.36. The number of piperazine rings is 1. The third-order valence-electron chi connectivity index (χ3n) is 4.77. The number of likely N-dealkylation sites (N-methyl/N-ethyl adjacent to an activating group) is 2. The van der Waals surface area contributed by atoms with Crippen LogP contribution in [0.15, 0.2) is 29.3 Å². The fourth-order valence-corrected chi connectivity index (χ4v) is 3.02. The second-order valence-electron chi connectivity index (χ2n) is 6.99. The van der Waals surface area contributed by atoms with Crippen molar-refractivity contribution in [2.45, 2.75) is 25.6 Å². The van der Waals surface area contributed by atoms with Gasteiger partial charge in [-0.25, -0.2) is 0 Å². The van der Waals surface area contributed by atoms with Crippen molar-refractivity contribution in [3.63, 3.8) is 0 Å². The van der Waals surface area contributed by atoms with E-state index in [4.69, 9.17) is 0 Å². The number of aliphatic imine (C=N–C) groups is 1. The van der Waals surface area contributed by atoms with Gasteiger partial charge in [0.2, 0.25) is 0 Å². The van der Waals surface area contributed by atoms with E-state index in [2.05, 4.69) is 39.5 Å². The van der Waals surface area contributed by atoms with E-state index in [-0.39, 0.29) is 0 Å². The SMILES string of the molecule is CCNC(=NCC1CN(C)CCN1C)NCCc1ccc(C(F)(F)F)cc1. The van der Waals surface area contributed by atoms with Gasteiger partial charge in [-0.3, -0.25) is 9.89 Å². The van der Waals surface area contributed by atoms with E-state index >= 15 is 0 Å². The number of nitrogens with zero attached hydrogens (tertiary/aromatic N) is 3. The smallest absolute Gasteiger partial charge is 0.357 e. The minimum Gasteiger partial charge on any atom is -0.357 e. The van der Waals surface area contributed by atoms with Gasteiger partial charge in [0.05, 0.1) is 12.1 Å². The van der Waals surface area contributed by atoms with Crippen LogP contribution in [-0.2, 0) is 12.6 Å². The van der Waals surface area contributed by atoms with Crippen molar-refractivity contribution in [2.24, 2.45) is 4.99 Å². The normalized spacial score (nSPS) is 19.9. The Hall–Kier alpha value is -1.80. The molecule has 1 aromatic rings. The largest absolute Gasteiger partial charge is 0.416 e. The monoisotopic (exact) mass is 385 g/mol. The molecule has 2 N–H and O–H groups in total. The van der Waals surface area contributed by atoms with Crippen LogP contribution in [0.4, 0.5) is 13.2 Å². The van der Waals surface area contributed by atoms with Gasteiger partial charge in [0.25, 0.3) is 0 Å². The molecular formula is C19H30F3N5. The lowest BCUT2D eigenvalue weighted by molar-refractivity contribution is -0.137. The maximum atomic E-state index is 12.6. The van der Waals surface area contributed by atoms with Gasteiger partial charge in [-0.2, -0.15) is 13.2 Å². The van der Waals surface area contributed by atoms with Crippen LogP contribution in [0.3, 0.4) is 0 Å². The quantitative estimate of drug-likeness (QED) is 0.581. The van der Waals surface area contributed by atoms with Gasteiger partial charge in [-0.05, 0) is 45.1 Å². The molecule has 5 nitrogen and oxygen atoms in total. The fourth-order valence-electron chi connectivity index (χ4n) is 3.02. The maximum Gasteiger partial charge on any atom is 0.416 e. The highest BCUT2D eigenvalue weighted by atomic mass is 19.4. The Kier molecular flexibility index (Phi) is 7.91. The van der Waals surface area contributed by atoms with Crippen molar-refractivity contribution in [2.75, 3.05) is 53.4 Å². The number of halogens is 3. The highest BCUT2D eigenvalue weighted by Crippen LogP contribution is 2.29. The maximum absolute atomic E-state index is 12.6. The molecule has 8 heteroatoms. The first-order chi connectivity index (χ1) is 12.8. The van der Waals surface area contributed by atoms with E-state index < -0.39 is 11.7 Å². The minimum absolute atomic E-state index is 0.383. The van der Waals surface area contributed by atoms with Crippen molar-refractivity contribution in [1.29, 1.82) is 0 Å². The highest BCUT2D eigenvalue weighted by molar-refractivity contribution is 5.79. The summed E-state index contributed by atoms with van der Waals surface area (Å²) < 4.78 is 37.8.